The lowest BCUT2D eigenvalue weighted by atomic mass is 10.1. The molecule has 0 aromatic heterocycles. The Balaban J connectivity index is 2.63. The summed E-state index contributed by atoms with van der Waals surface area (Å²) in [6.45, 7) is 0. The van der Waals surface area contributed by atoms with E-state index in [0.29, 0.717) is 12.8 Å². The number of nitro groups is 1. The summed E-state index contributed by atoms with van der Waals surface area (Å²) >= 11 is 0. The molecule has 1 aliphatic carbocycles. The van der Waals surface area contributed by atoms with Crippen LogP contribution in [0.4, 0.5) is 0 Å². The Hall–Kier alpha value is -1.00. The highest BCUT2D eigenvalue weighted by Gasteiger charge is 2.33. The predicted octanol–water partition coefficient (Wildman–Crippen LogP) is 1.73. The Morgan fingerprint density at radius 1 is 1.25 bits per heavy atom. The summed E-state index contributed by atoms with van der Waals surface area (Å²) in [5, 5.41) is 13.3. The standard InChI is InChI=1S/C7H12N2O3/c10-8-6-4-2-1-3-5-7(6)9(11)12/h6-7H,1-5H2. The second-order valence-electron chi connectivity index (χ2n) is 3.16. The third-order valence-electron chi connectivity index (χ3n) is 2.35. The monoisotopic (exact) mass is 172 g/mol. The van der Waals surface area contributed by atoms with Crippen LogP contribution in [0.1, 0.15) is 32.1 Å². The number of hydrogen-bond acceptors (Lipinski definition) is 4. The Bertz CT molecular complexity index is 183. The van der Waals surface area contributed by atoms with Crippen LogP contribution >= 0.6 is 0 Å². The fourth-order valence-corrected chi connectivity index (χ4v) is 1.64. The van der Waals surface area contributed by atoms with E-state index in [1.807, 2.05) is 0 Å². The first-order chi connectivity index (χ1) is 5.75. The van der Waals surface area contributed by atoms with Crippen LogP contribution < -0.4 is 0 Å². The van der Waals surface area contributed by atoms with Crippen LogP contribution in [-0.2, 0) is 0 Å². The molecule has 0 heterocycles. The predicted molar refractivity (Wildman–Crippen MR) is 43.5 cm³/mol. The largest absolute Gasteiger partial charge is 0.264 e. The molecule has 68 valence electrons. The lowest BCUT2D eigenvalue weighted by Gasteiger charge is -2.09. The maximum absolute atomic E-state index is 10.5. The Kier molecular flexibility index (Phi) is 3.13. The molecule has 5 nitrogen and oxygen atoms in total. The number of rotatable bonds is 2. The summed E-state index contributed by atoms with van der Waals surface area (Å²) in [5.74, 6) is 0. The minimum absolute atomic E-state index is 0.364. The fourth-order valence-electron chi connectivity index (χ4n) is 1.64. The molecule has 0 N–H and O–H groups in total. The summed E-state index contributed by atoms with van der Waals surface area (Å²) in [4.78, 5) is 20.4. The van der Waals surface area contributed by atoms with Gasteiger partial charge >= 0.3 is 0 Å². The van der Waals surface area contributed by atoms with Crippen molar-refractivity contribution in [3.8, 4) is 0 Å². The molecule has 0 saturated heterocycles. The van der Waals surface area contributed by atoms with Gasteiger partial charge in [0.1, 0.15) is 0 Å². The quantitative estimate of drug-likeness (QED) is 0.275. The molecular weight excluding hydrogens is 160 g/mol. The molecule has 1 saturated carbocycles. The SMILES string of the molecule is O=NC1CCCCCC1[N+](=O)[O-]. The average Bonchev–Trinajstić information content (AvgIpc) is 2.27. The van der Waals surface area contributed by atoms with Crippen LogP contribution in [0.15, 0.2) is 5.18 Å². The van der Waals surface area contributed by atoms with Crippen molar-refractivity contribution in [1.29, 1.82) is 0 Å². The molecule has 1 aliphatic rings. The van der Waals surface area contributed by atoms with Crippen LogP contribution in [0.3, 0.4) is 0 Å². The highest BCUT2D eigenvalue weighted by Crippen LogP contribution is 2.22. The van der Waals surface area contributed by atoms with Crippen LogP contribution in [0, 0.1) is 15.0 Å². The zero-order chi connectivity index (χ0) is 8.97. The van der Waals surface area contributed by atoms with E-state index in [1.54, 1.807) is 0 Å². The summed E-state index contributed by atoms with van der Waals surface area (Å²) in [7, 11) is 0. The average molecular weight is 172 g/mol. The van der Waals surface area contributed by atoms with E-state index in [9.17, 15) is 15.0 Å². The van der Waals surface area contributed by atoms with Gasteiger partial charge in [-0.1, -0.05) is 18.0 Å². The molecule has 1 rings (SSSR count). The van der Waals surface area contributed by atoms with Gasteiger partial charge in [-0.2, -0.15) is 4.91 Å². The van der Waals surface area contributed by atoms with Gasteiger partial charge < -0.3 is 0 Å². The highest BCUT2D eigenvalue weighted by molar-refractivity contribution is 4.78. The van der Waals surface area contributed by atoms with Crippen molar-refractivity contribution in [2.45, 2.75) is 44.2 Å². The van der Waals surface area contributed by atoms with Gasteiger partial charge in [-0.15, -0.1) is 0 Å². The van der Waals surface area contributed by atoms with E-state index in [-0.39, 0.29) is 4.92 Å². The van der Waals surface area contributed by atoms with Crippen LogP contribution in [0.5, 0.6) is 0 Å². The Morgan fingerprint density at radius 3 is 2.50 bits per heavy atom. The molecule has 1 fully saturated rings. The fraction of sp³-hybridized carbons (Fsp3) is 1.00. The smallest absolute Gasteiger partial charge is 0.238 e. The molecule has 0 aliphatic heterocycles. The minimum atomic E-state index is -0.731. The lowest BCUT2D eigenvalue weighted by molar-refractivity contribution is -0.526. The second kappa shape index (κ2) is 4.13. The molecule has 2 atom stereocenters. The van der Waals surface area contributed by atoms with Crippen molar-refractivity contribution in [2.24, 2.45) is 5.18 Å². The molecule has 2 unspecified atom stereocenters. The van der Waals surface area contributed by atoms with Gasteiger partial charge in [-0.05, 0) is 12.8 Å². The van der Waals surface area contributed by atoms with Crippen LogP contribution in [0.25, 0.3) is 0 Å². The molecule has 0 aromatic carbocycles. The van der Waals surface area contributed by atoms with Crippen molar-refractivity contribution in [3.05, 3.63) is 15.0 Å². The van der Waals surface area contributed by atoms with E-state index in [1.165, 1.54) is 0 Å². The molecule has 0 amide bonds. The summed E-state index contributed by atoms with van der Waals surface area (Å²) in [6, 6.07) is -1.33. The zero-order valence-electron chi connectivity index (χ0n) is 6.81. The zero-order valence-corrected chi connectivity index (χ0v) is 6.81. The van der Waals surface area contributed by atoms with Crippen LogP contribution in [0.2, 0.25) is 0 Å². The molecule has 0 aromatic rings. The topological polar surface area (TPSA) is 72.6 Å². The number of hydrogen-bond donors (Lipinski definition) is 0. The first kappa shape index (κ1) is 9.09. The first-order valence-corrected chi connectivity index (χ1v) is 4.21. The summed E-state index contributed by atoms with van der Waals surface area (Å²) < 4.78 is 0. The molecule has 0 bridgehead atoms. The van der Waals surface area contributed by atoms with Gasteiger partial charge in [0.15, 0.2) is 6.04 Å². The maximum atomic E-state index is 10.5. The second-order valence-corrected chi connectivity index (χ2v) is 3.16. The molecule has 0 radical (unpaired) electrons. The molecule has 0 spiro atoms. The maximum Gasteiger partial charge on any atom is 0.238 e. The van der Waals surface area contributed by atoms with Gasteiger partial charge in [0, 0.05) is 11.3 Å². The van der Waals surface area contributed by atoms with Crippen molar-refractivity contribution < 1.29 is 4.92 Å². The number of nitrogens with zero attached hydrogens (tertiary/aromatic N) is 2. The number of nitroso groups, excluding NO2 is 1. The normalized spacial score (nSPS) is 30.7. The third kappa shape index (κ3) is 1.99. The van der Waals surface area contributed by atoms with Gasteiger partial charge in [-0.25, -0.2) is 0 Å². The van der Waals surface area contributed by atoms with Gasteiger partial charge in [0.05, 0.1) is 0 Å². The van der Waals surface area contributed by atoms with Gasteiger partial charge in [0.25, 0.3) is 0 Å². The van der Waals surface area contributed by atoms with E-state index < -0.39 is 12.1 Å². The van der Waals surface area contributed by atoms with E-state index in [2.05, 4.69) is 5.18 Å². The molecule has 5 heteroatoms. The van der Waals surface area contributed by atoms with Crippen molar-refractivity contribution in [3.63, 3.8) is 0 Å². The van der Waals surface area contributed by atoms with Crippen molar-refractivity contribution in [2.75, 3.05) is 0 Å². The van der Waals surface area contributed by atoms with E-state index in [0.717, 1.165) is 19.3 Å². The molecule has 12 heavy (non-hydrogen) atoms. The summed E-state index contributed by atoms with van der Waals surface area (Å²) in [6.07, 6.45) is 3.80. The molecular formula is C7H12N2O3. The van der Waals surface area contributed by atoms with Crippen LogP contribution in [-0.4, -0.2) is 17.0 Å². The third-order valence-corrected chi connectivity index (χ3v) is 2.35. The van der Waals surface area contributed by atoms with Crippen molar-refractivity contribution in [1.82, 2.24) is 0 Å². The first-order valence-electron chi connectivity index (χ1n) is 4.21. The summed E-state index contributed by atoms with van der Waals surface area (Å²) in [5.41, 5.74) is 0. The minimum Gasteiger partial charge on any atom is -0.264 e. The van der Waals surface area contributed by atoms with Gasteiger partial charge in [-0.3, -0.25) is 10.1 Å². The van der Waals surface area contributed by atoms with E-state index >= 15 is 0 Å². The van der Waals surface area contributed by atoms with E-state index in [4.69, 9.17) is 0 Å². The Morgan fingerprint density at radius 2 is 1.92 bits per heavy atom. The lowest BCUT2D eigenvalue weighted by Crippen LogP contribution is -2.30. The Labute approximate surface area is 70.3 Å². The highest BCUT2D eigenvalue weighted by atomic mass is 16.6. The van der Waals surface area contributed by atoms with Crippen molar-refractivity contribution >= 4 is 0 Å². The van der Waals surface area contributed by atoms with Gasteiger partial charge in [0.2, 0.25) is 6.04 Å².